The summed E-state index contributed by atoms with van der Waals surface area (Å²) in [6, 6.07) is 0.445. The topological polar surface area (TPSA) is 37.4 Å². The van der Waals surface area contributed by atoms with E-state index in [0.29, 0.717) is 11.5 Å². The number of anilines is 1. The lowest BCUT2D eigenvalue weighted by atomic mass is 9.76. The number of fused-ring (bicyclic) bond motifs is 1. The van der Waals surface area contributed by atoms with Crippen LogP contribution in [0.2, 0.25) is 0 Å². The second-order valence-corrected chi connectivity index (χ2v) is 7.28. The number of rotatable bonds is 6. The largest absolute Gasteiger partial charge is 0.383 e. The summed E-state index contributed by atoms with van der Waals surface area (Å²) in [4.78, 5) is 8.66. The molecule has 0 radical (unpaired) electrons. The Bertz CT molecular complexity index is 444. The van der Waals surface area contributed by atoms with Crippen molar-refractivity contribution < 1.29 is 4.74 Å². The van der Waals surface area contributed by atoms with Crippen LogP contribution >= 0.6 is 11.3 Å². The molecule has 0 saturated heterocycles. The van der Waals surface area contributed by atoms with Crippen LogP contribution in [-0.2, 0) is 11.2 Å². The van der Waals surface area contributed by atoms with E-state index < -0.39 is 0 Å². The molecule has 1 heterocycles. The average molecular weight is 297 g/mol. The Balaban J connectivity index is 2.25. The smallest absolute Gasteiger partial charge is 0.185 e. The highest BCUT2D eigenvalue weighted by atomic mass is 32.1. The molecule has 1 N–H and O–H groups in total. The standard InChI is InChI=1S/C15H27N3OS/c1-6-18(7-8-19-5)14-17-12-10-15(2,3)9-11(16-4)13(12)20-14/h11,16H,6-10H2,1-5H3. The second-order valence-electron chi connectivity index (χ2n) is 6.27. The van der Waals surface area contributed by atoms with Gasteiger partial charge in [0.05, 0.1) is 12.3 Å². The van der Waals surface area contributed by atoms with Crippen molar-refractivity contribution in [3.05, 3.63) is 10.6 Å². The third-order valence-corrected chi connectivity index (χ3v) is 5.27. The van der Waals surface area contributed by atoms with Crippen LogP contribution in [0.15, 0.2) is 0 Å². The summed E-state index contributed by atoms with van der Waals surface area (Å²) in [5.41, 5.74) is 1.62. The van der Waals surface area contributed by atoms with E-state index in [1.54, 1.807) is 7.11 Å². The van der Waals surface area contributed by atoms with E-state index in [9.17, 15) is 0 Å². The molecule has 2 rings (SSSR count). The molecule has 1 aliphatic rings. The summed E-state index contributed by atoms with van der Waals surface area (Å²) in [6.07, 6.45) is 2.27. The zero-order valence-electron chi connectivity index (χ0n) is 13.3. The summed E-state index contributed by atoms with van der Waals surface area (Å²) in [5, 5.41) is 4.60. The summed E-state index contributed by atoms with van der Waals surface area (Å²) in [7, 11) is 3.80. The van der Waals surface area contributed by atoms with Crippen LogP contribution in [0.25, 0.3) is 0 Å². The van der Waals surface area contributed by atoms with E-state index in [4.69, 9.17) is 9.72 Å². The first-order valence-corrected chi connectivity index (χ1v) is 8.23. The van der Waals surface area contributed by atoms with Crippen LogP contribution in [-0.4, -0.2) is 38.8 Å². The fourth-order valence-corrected chi connectivity index (χ4v) is 4.16. The average Bonchev–Trinajstić information content (AvgIpc) is 2.80. The molecule has 5 heteroatoms. The number of ether oxygens (including phenoxy) is 1. The van der Waals surface area contributed by atoms with E-state index in [-0.39, 0.29) is 0 Å². The number of nitrogens with one attached hydrogen (secondary N) is 1. The summed E-state index contributed by atoms with van der Waals surface area (Å²) in [5.74, 6) is 0. The molecule has 1 aromatic heterocycles. The molecule has 20 heavy (non-hydrogen) atoms. The summed E-state index contributed by atoms with van der Waals surface area (Å²) < 4.78 is 5.20. The summed E-state index contributed by atoms with van der Waals surface area (Å²) >= 11 is 1.85. The van der Waals surface area contributed by atoms with Crippen LogP contribution in [0, 0.1) is 5.41 Å². The number of thiazole rings is 1. The van der Waals surface area contributed by atoms with E-state index in [0.717, 1.165) is 31.2 Å². The van der Waals surface area contributed by atoms with Gasteiger partial charge in [-0.1, -0.05) is 25.2 Å². The van der Waals surface area contributed by atoms with Crippen LogP contribution in [0.4, 0.5) is 5.13 Å². The number of likely N-dealkylation sites (N-methyl/N-ethyl adjacent to an activating group) is 1. The van der Waals surface area contributed by atoms with Gasteiger partial charge in [0.2, 0.25) is 0 Å². The Morgan fingerprint density at radius 1 is 1.50 bits per heavy atom. The van der Waals surface area contributed by atoms with Crippen molar-refractivity contribution in [2.45, 2.75) is 39.7 Å². The first kappa shape index (κ1) is 15.7. The Morgan fingerprint density at radius 2 is 2.25 bits per heavy atom. The molecular formula is C15H27N3OS. The molecule has 4 nitrogen and oxygen atoms in total. The van der Waals surface area contributed by atoms with Crippen molar-refractivity contribution in [3.8, 4) is 0 Å². The van der Waals surface area contributed by atoms with Crippen LogP contribution < -0.4 is 10.2 Å². The Kier molecular flexibility index (Phi) is 5.04. The fraction of sp³-hybridized carbons (Fsp3) is 0.800. The predicted octanol–water partition coefficient (Wildman–Crippen LogP) is 2.85. The van der Waals surface area contributed by atoms with Crippen molar-refractivity contribution in [1.29, 1.82) is 0 Å². The molecule has 0 spiro atoms. The lowest BCUT2D eigenvalue weighted by Gasteiger charge is -2.34. The van der Waals surface area contributed by atoms with Gasteiger partial charge < -0.3 is 15.0 Å². The van der Waals surface area contributed by atoms with E-state index in [2.05, 4.69) is 38.0 Å². The van der Waals surface area contributed by atoms with Gasteiger partial charge in [0.15, 0.2) is 5.13 Å². The number of methoxy groups -OCH3 is 1. The van der Waals surface area contributed by atoms with Crippen LogP contribution in [0.5, 0.6) is 0 Å². The van der Waals surface area contributed by atoms with E-state index >= 15 is 0 Å². The Hall–Kier alpha value is -0.650. The minimum Gasteiger partial charge on any atom is -0.383 e. The van der Waals surface area contributed by atoms with Crippen LogP contribution in [0.3, 0.4) is 0 Å². The van der Waals surface area contributed by atoms with Gasteiger partial charge in [-0.15, -0.1) is 0 Å². The third-order valence-electron chi connectivity index (χ3n) is 4.00. The maximum absolute atomic E-state index is 5.20. The molecule has 0 bridgehead atoms. The minimum atomic E-state index is 0.329. The Morgan fingerprint density at radius 3 is 2.85 bits per heavy atom. The number of nitrogens with zero attached hydrogens (tertiary/aromatic N) is 2. The van der Waals surface area contributed by atoms with Crippen LogP contribution in [0.1, 0.15) is 43.8 Å². The normalized spacial score (nSPS) is 20.8. The molecule has 1 aromatic rings. The van der Waals surface area contributed by atoms with Crippen molar-refractivity contribution in [2.24, 2.45) is 5.41 Å². The summed E-state index contributed by atoms with van der Waals surface area (Å²) in [6.45, 7) is 9.48. The Labute approximate surface area is 126 Å². The van der Waals surface area contributed by atoms with Crippen molar-refractivity contribution in [2.75, 3.05) is 38.8 Å². The molecule has 114 valence electrons. The quantitative estimate of drug-likeness (QED) is 0.876. The van der Waals surface area contributed by atoms with E-state index in [1.165, 1.54) is 17.0 Å². The van der Waals surface area contributed by atoms with Crippen molar-refractivity contribution in [3.63, 3.8) is 0 Å². The highest BCUT2D eigenvalue weighted by Crippen LogP contribution is 2.44. The van der Waals surface area contributed by atoms with Gasteiger partial charge in [-0.3, -0.25) is 0 Å². The maximum Gasteiger partial charge on any atom is 0.185 e. The first-order chi connectivity index (χ1) is 9.50. The first-order valence-electron chi connectivity index (χ1n) is 7.41. The van der Waals surface area contributed by atoms with Crippen molar-refractivity contribution in [1.82, 2.24) is 10.3 Å². The monoisotopic (exact) mass is 297 g/mol. The van der Waals surface area contributed by atoms with Gasteiger partial charge in [-0.2, -0.15) is 0 Å². The number of hydrogen-bond acceptors (Lipinski definition) is 5. The molecule has 1 aliphatic carbocycles. The van der Waals surface area contributed by atoms with Gasteiger partial charge in [-0.05, 0) is 32.2 Å². The highest BCUT2D eigenvalue weighted by Gasteiger charge is 2.34. The fourth-order valence-electron chi connectivity index (χ4n) is 2.88. The molecule has 0 fully saturated rings. The molecule has 1 atom stereocenters. The molecule has 0 amide bonds. The molecule has 0 aromatic carbocycles. The molecular weight excluding hydrogens is 270 g/mol. The van der Waals surface area contributed by atoms with Crippen molar-refractivity contribution >= 4 is 16.5 Å². The predicted molar refractivity (Wildman–Crippen MR) is 85.8 cm³/mol. The molecule has 0 aliphatic heterocycles. The lowest BCUT2D eigenvalue weighted by Crippen LogP contribution is -2.30. The minimum absolute atomic E-state index is 0.329. The van der Waals surface area contributed by atoms with Gasteiger partial charge in [0.1, 0.15) is 0 Å². The molecule has 0 saturated carbocycles. The molecule has 1 unspecified atom stereocenters. The number of hydrogen-bond donors (Lipinski definition) is 1. The SMILES string of the molecule is CCN(CCOC)c1nc2c(s1)C(NC)CC(C)(C)C2. The van der Waals surface area contributed by atoms with Gasteiger partial charge in [0.25, 0.3) is 0 Å². The zero-order valence-corrected chi connectivity index (χ0v) is 14.1. The van der Waals surface area contributed by atoms with Gasteiger partial charge in [-0.25, -0.2) is 4.98 Å². The van der Waals surface area contributed by atoms with Gasteiger partial charge in [0, 0.05) is 31.1 Å². The zero-order chi connectivity index (χ0) is 14.8. The number of aromatic nitrogens is 1. The second kappa shape index (κ2) is 6.41. The highest BCUT2D eigenvalue weighted by molar-refractivity contribution is 7.15. The lowest BCUT2D eigenvalue weighted by molar-refractivity contribution is 0.205. The third kappa shape index (κ3) is 3.32. The van der Waals surface area contributed by atoms with E-state index in [1.807, 2.05) is 11.3 Å². The van der Waals surface area contributed by atoms with Gasteiger partial charge >= 0.3 is 0 Å². The maximum atomic E-state index is 5.20.